The van der Waals surface area contributed by atoms with E-state index in [1.165, 1.54) is 4.68 Å². The predicted octanol–water partition coefficient (Wildman–Crippen LogP) is 2.15. The first kappa shape index (κ1) is 20.6. The van der Waals surface area contributed by atoms with Crippen LogP contribution in [0.15, 0.2) is 29.2 Å². The van der Waals surface area contributed by atoms with Gasteiger partial charge in [0.25, 0.3) is 5.56 Å². The number of nitrogens with zero attached hydrogens (tertiary/aromatic N) is 7. The zero-order valence-corrected chi connectivity index (χ0v) is 18.7. The van der Waals surface area contributed by atoms with E-state index in [1.807, 2.05) is 43.5 Å². The van der Waals surface area contributed by atoms with Gasteiger partial charge in [-0.05, 0) is 51.3 Å². The lowest BCUT2D eigenvalue weighted by atomic mass is 10.1. The summed E-state index contributed by atoms with van der Waals surface area (Å²) in [6.45, 7) is 8.60. The van der Waals surface area contributed by atoms with Crippen LogP contribution in [0.3, 0.4) is 0 Å². The van der Waals surface area contributed by atoms with Crippen molar-refractivity contribution in [3.8, 4) is 0 Å². The minimum absolute atomic E-state index is 0.132. The molecular weight excluding hydrogens is 404 g/mol. The molecule has 5 rings (SSSR count). The molecule has 0 spiro atoms. The second kappa shape index (κ2) is 7.98. The maximum atomic E-state index is 13.4. The lowest BCUT2D eigenvalue weighted by Crippen LogP contribution is -2.44. The van der Waals surface area contributed by atoms with Gasteiger partial charge in [0.15, 0.2) is 0 Å². The summed E-state index contributed by atoms with van der Waals surface area (Å²) < 4.78 is 3.49. The summed E-state index contributed by atoms with van der Waals surface area (Å²) in [5.74, 6) is 0.807. The van der Waals surface area contributed by atoms with Crippen molar-refractivity contribution >= 4 is 28.0 Å². The Balaban J connectivity index is 1.54. The van der Waals surface area contributed by atoms with Crippen molar-refractivity contribution in [1.82, 2.24) is 29.3 Å². The van der Waals surface area contributed by atoms with Gasteiger partial charge in [0, 0.05) is 25.7 Å². The third-order valence-electron chi connectivity index (χ3n) is 6.26. The third kappa shape index (κ3) is 3.52. The number of nitrogens with two attached hydrogens (primary N) is 1. The van der Waals surface area contributed by atoms with Crippen LogP contribution >= 0.6 is 0 Å². The SMILES string of the molecule is CCn1c(N2CCC[C@@H](N)C2)nc2cnn(Cc3ccc4nc(C)c(C)nc4c3)c(=O)c21. The lowest BCUT2D eigenvalue weighted by molar-refractivity contribution is 0.494. The van der Waals surface area contributed by atoms with Gasteiger partial charge in [0.05, 0.1) is 35.2 Å². The van der Waals surface area contributed by atoms with Gasteiger partial charge < -0.3 is 15.2 Å². The van der Waals surface area contributed by atoms with Gasteiger partial charge in [-0.25, -0.2) is 19.6 Å². The second-order valence-electron chi connectivity index (χ2n) is 8.56. The van der Waals surface area contributed by atoms with E-state index in [-0.39, 0.29) is 11.6 Å². The van der Waals surface area contributed by atoms with Gasteiger partial charge in [-0.1, -0.05) is 6.07 Å². The molecule has 1 aliphatic heterocycles. The maximum Gasteiger partial charge on any atom is 0.293 e. The molecule has 1 atom stereocenters. The molecule has 9 heteroatoms. The number of rotatable bonds is 4. The van der Waals surface area contributed by atoms with Crippen molar-refractivity contribution in [2.45, 2.75) is 52.7 Å². The van der Waals surface area contributed by atoms with Crippen molar-refractivity contribution in [1.29, 1.82) is 0 Å². The average Bonchev–Trinajstić information content (AvgIpc) is 3.16. The van der Waals surface area contributed by atoms with Crippen molar-refractivity contribution in [3.05, 3.63) is 51.7 Å². The van der Waals surface area contributed by atoms with Crippen LogP contribution in [-0.2, 0) is 13.1 Å². The molecule has 0 radical (unpaired) electrons. The Labute approximate surface area is 185 Å². The molecule has 4 aromatic rings. The van der Waals surface area contributed by atoms with E-state index in [2.05, 4.69) is 20.0 Å². The van der Waals surface area contributed by atoms with E-state index in [9.17, 15) is 4.79 Å². The van der Waals surface area contributed by atoms with E-state index in [1.54, 1.807) is 6.20 Å². The molecule has 1 saturated heterocycles. The van der Waals surface area contributed by atoms with Crippen LogP contribution in [0.2, 0.25) is 0 Å². The van der Waals surface area contributed by atoms with E-state index < -0.39 is 0 Å². The summed E-state index contributed by atoms with van der Waals surface area (Å²) in [6.07, 6.45) is 3.73. The van der Waals surface area contributed by atoms with E-state index in [0.717, 1.165) is 59.9 Å². The number of benzene rings is 1. The van der Waals surface area contributed by atoms with Gasteiger partial charge in [-0.3, -0.25) is 4.79 Å². The third-order valence-corrected chi connectivity index (χ3v) is 6.26. The first-order valence-electron chi connectivity index (χ1n) is 11.2. The Hall–Kier alpha value is -3.33. The Morgan fingerprint density at radius 3 is 2.62 bits per heavy atom. The fourth-order valence-electron chi connectivity index (χ4n) is 4.47. The predicted molar refractivity (Wildman–Crippen MR) is 125 cm³/mol. The molecule has 166 valence electrons. The quantitative estimate of drug-likeness (QED) is 0.526. The first-order valence-corrected chi connectivity index (χ1v) is 11.2. The minimum Gasteiger partial charge on any atom is -0.341 e. The molecule has 32 heavy (non-hydrogen) atoms. The highest BCUT2D eigenvalue weighted by Crippen LogP contribution is 2.23. The molecular formula is C23H28N8O. The smallest absolute Gasteiger partial charge is 0.293 e. The van der Waals surface area contributed by atoms with Gasteiger partial charge in [-0.15, -0.1) is 0 Å². The number of anilines is 1. The molecule has 1 aliphatic rings. The van der Waals surface area contributed by atoms with Crippen LogP contribution in [0.4, 0.5) is 5.95 Å². The summed E-state index contributed by atoms with van der Waals surface area (Å²) in [5, 5.41) is 4.41. The van der Waals surface area contributed by atoms with E-state index in [4.69, 9.17) is 10.7 Å². The van der Waals surface area contributed by atoms with E-state index in [0.29, 0.717) is 24.1 Å². The number of aromatic nitrogens is 6. The Morgan fingerprint density at radius 2 is 1.88 bits per heavy atom. The van der Waals surface area contributed by atoms with Gasteiger partial charge >= 0.3 is 0 Å². The number of imidazole rings is 1. The summed E-state index contributed by atoms with van der Waals surface area (Å²) >= 11 is 0. The topological polar surface area (TPSA) is 108 Å². The second-order valence-corrected chi connectivity index (χ2v) is 8.56. The fourth-order valence-corrected chi connectivity index (χ4v) is 4.47. The zero-order valence-electron chi connectivity index (χ0n) is 18.7. The molecule has 1 fully saturated rings. The molecule has 1 aromatic carbocycles. The summed E-state index contributed by atoms with van der Waals surface area (Å²) in [5.41, 5.74) is 11.7. The standard InChI is InChI=1S/C23H28N8O/c1-4-30-21-20(28-23(30)29-9-5-6-17(24)13-29)11-25-31(22(21)32)12-16-7-8-18-19(10-16)27-15(3)14(2)26-18/h7-8,10-11,17H,4-6,9,12-13,24H2,1-3H3/t17-/m1/s1. The van der Waals surface area contributed by atoms with Gasteiger partial charge in [0.2, 0.25) is 5.95 Å². The van der Waals surface area contributed by atoms with Crippen LogP contribution in [0.1, 0.15) is 36.7 Å². The van der Waals surface area contributed by atoms with Crippen molar-refractivity contribution in [3.63, 3.8) is 0 Å². The molecule has 0 aliphatic carbocycles. The van der Waals surface area contributed by atoms with Crippen molar-refractivity contribution in [2.75, 3.05) is 18.0 Å². The van der Waals surface area contributed by atoms with Crippen molar-refractivity contribution in [2.24, 2.45) is 5.73 Å². The lowest BCUT2D eigenvalue weighted by Gasteiger charge is -2.31. The molecule has 0 amide bonds. The molecule has 3 aromatic heterocycles. The van der Waals surface area contributed by atoms with Gasteiger partial charge in [-0.2, -0.15) is 5.10 Å². The minimum atomic E-state index is -0.143. The van der Waals surface area contributed by atoms with Gasteiger partial charge in [0.1, 0.15) is 11.0 Å². The zero-order chi connectivity index (χ0) is 22.4. The molecule has 0 saturated carbocycles. The number of hydrogen-bond donors (Lipinski definition) is 1. The molecule has 0 bridgehead atoms. The first-order chi connectivity index (χ1) is 15.4. The molecule has 9 nitrogen and oxygen atoms in total. The Bertz CT molecular complexity index is 1370. The summed E-state index contributed by atoms with van der Waals surface area (Å²) in [6, 6.07) is 6.03. The highest BCUT2D eigenvalue weighted by Gasteiger charge is 2.24. The van der Waals surface area contributed by atoms with Crippen LogP contribution in [0, 0.1) is 13.8 Å². The van der Waals surface area contributed by atoms with Crippen LogP contribution in [-0.4, -0.2) is 48.4 Å². The molecule has 0 unspecified atom stereocenters. The van der Waals surface area contributed by atoms with Crippen LogP contribution in [0.5, 0.6) is 0 Å². The Morgan fingerprint density at radius 1 is 1.09 bits per heavy atom. The number of fused-ring (bicyclic) bond motifs is 2. The molecule has 4 heterocycles. The number of aryl methyl sites for hydroxylation is 3. The average molecular weight is 433 g/mol. The van der Waals surface area contributed by atoms with Crippen molar-refractivity contribution < 1.29 is 0 Å². The number of hydrogen-bond acceptors (Lipinski definition) is 7. The highest BCUT2D eigenvalue weighted by atomic mass is 16.1. The fraction of sp³-hybridized carbons (Fsp3) is 0.435. The molecule has 2 N–H and O–H groups in total. The largest absolute Gasteiger partial charge is 0.341 e. The maximum absolute atomic E-state index is 13.4. The van der Waals surface area contributed by atoms with Crippen LogP contribution < -0.4 is 16.2 Å². The van der Waals surface area contributed by atoms with Crippen LogP contribution in [0.25, 0.3) is 22.1 Å². The van der Waals surface area contributed by atoms with E-state index >= 15 is 0 Å². The highest BCUT2D eigenvalue weighted by molar-refractivity contribution is 5.77. The normalized spacial score (nSPS) is 16.9. The monoisotopic (exact) mass is 432 g/mol. The number of piperidine rings is 1. The summed E-state index contributed by atoms with van der Waals surface area (Å²) in [7, 11) is 0. The Kier molecular flexibility index (Phi) is 5.13. The summed E-state index contributed by atoms with van der Waals surface area (Å²) in [4.78, 5) is 29.6.